The van der Waals surface area contributed by atoms with Crippen molar-refractivity contribution in [3.63, 3.8) is 0 Å². The van der Waals surface area contributed by atoms with Gasteiger partial charge in [0.25, 0.3) is 0 Å². The molecule has 0 aliphatic heterocycles. The predicted molar refractivity (Wildman–Crippen MR) is 104 cm³/mol. The third kappa shape index (κ3) is 4.72. The lowest BCUT2D eigenvalue weighted by atomic mass is 9.87. The van der Waals surface area contributed by atoms with Gasteiger partial charge in [-0.2, -0.15) is 21.5 Å². The molecular weight excluding hydrogens is 340 g/mol. The lowest BCUT2D eigenvalue weighted by Crippen LogP contribution is -2.68. The van der Waals surface area contributed by atoms with Crippen molar-refractivity contribution >= 4 is 29.3 Å². The molecule has 2 aromatic rings. The van der Waals surface area contributed by atoms with Gasteiger partial charge in [0.2, 0.25) is 0 Å². The summed E-state index contributed by atoms with van der Waals surface area (Å²) in [4.78, 5) is 12.8. The highest BCUT2D eigenvalue weighted by molar-refractivity contribution is 6.13. The van der Waals surface area contributed by atoms with Crippen molar-refractivity contribution in [2.24, 2.45) is 0 Å². The topological polar surface area (TPSA) is 114 Å². The van der Waals surface area contributed by atoms with Gasteiger partial charge in [-0.1, -0.05) is 48.5 Å². The van der Waals surface area contributed by atoms with E-state index in [1.165, 1.54) is 0 Å². The van der Waals surface area contributed by atoms with Gasteiger partial charge < -0.3 is 0 Å². The number of hydrogen-bond acceptors (Lipinski definition) is 1. The van der Waals surface area contributed by atoms with E-state index in [1.54, 1.807) is 0 Å². The van der Waals surface area contributed by atoms with Crippen LogP contribution in [0.15, 0.2) is 59.7 Å². The fourth-order valence-electron chi connectivity index (χ4n) is 3.03. The largest absolute Gasteiger partial charge is 0.289 e. The molecular formula is C20H20N6O. The molecule has 1 fully saturated rings. The summed E-state index contributed by atoms with van der Waals surface area (Å²) in [7, 11) is 0. The molecule has 0 radical (unpaired) electrons. The van der Waals surface area contributed by atoms with Crippen molar-refractivity contribution in [1.29, 1.82) is 0 Å². The zero-order valence-electron chi connectivity index (χ0n) is 14.7. The van der Waals surface area contributed by atoms with E-state index >= 15 is 0 Å². The Morgan fingerprint density at radius 2 is 1.15 bits per heavy atom. The van der Waals surface area contributed by atoms with Crippen molar-refractivity contribution in [3.8, 4) is 0 Å². The third-order valence-corrected chi connectivity index (χ3v) is 4.38. The van der Waals surface area contributed by atoms with E-state index in [4.69, 9.17) is 11.1 Å². The van der Waals surface area contributed by atoms with E-state index in [0.29, 0.717) is 0 Å². The minimum atomic E-state index is 0.0831. The van der Waals surface area contributed by atoms with E-state index in [1.807, 2.05) is 71.1 Å². The molecule has 7 heteroatoms. The Bertz CT molecular complexity index is 824. The van der Waals surface area contributed by atoms with Crippen molar-refractivity contribution in [1.82, 2.24) is 0 Å². The van der Waals surface area contributed by atoms with Gasteiger partial charge in [-0.15, -0.1) is 0 Å². The second kappa shape index (κ2) is 8.66. The van der Waals surface area contributed by atoms with Crippen molar-refractivity contribution in [2.45, 2.75) is 19.3 Å². The highest BCUT2D eigenvalue weighted by atomic mass is 16.1. The van der Waals surface area contributed by atoms with Gasteiger partial charge >= 0.3 is 0 Å². The first kappa shape index (κ1) is 18.2. The van der Waals surface area contributed by atoms with Crippen LogP contribution in [0.25, 0.3) is 23.2 Å². The van der Waals surface area contributed by atoms with Crippen LogP contribution in [0, 0.1) is 0 Å². The first-order valence-corrected chi connectivity index (χ1v) is 8.66. The molecule has 3 rings (SSSR count). The number of nitrogens with zero attached hydrogens (tertiary/aromatic N) is 2. The zero-order valence-corrected chi connectivity index (χ0v) is 14.7. The molecule has 136 valence electrons. The summed E-state index contributed by atoms with van der Waals surface area (Å²) in [6, 6.07) is 14.8. The molecule has 1 aliphatic rings. The Balaban J connectivity index is 1.78. The van der Waals surface area contributed by atoms with Crippen LogP contribution >= 0.6 is 0 Å². The maximum atomic E-state index is 12.8. The van der Waals surface area contributed by atoms with Gasteiger partial charge in [-0.05, 0) is 42.5 Å². The average molecular weight is 360 g/mol. The molecule has 2 aromatic carbocycles. The molecule has 0 amide bonds. The van der Waals surface area contributed by atoms with Gasteiger partial charge in [-0.3, -0.25) is 15.6 Å². The third-order valence-electron chi connectivity index (χ3n) is 4.38. The number of ketones is 1. The maximum Gasteiger partial charge on any atom is 0.185 e. The first-order chi connectivity index (χ1) is 13.2. The Labute approximate surface area is 157 Å². The van der Waals surface area contributed by atoms with Gasteiger partial charge in [0.05, 0.1) is 0 Å². The van der Waals surface area contributed by atoms with Crippen LogP contribution in [0.3, 0.4) is 0 Å². The van der Waals surface area contributed by atoms with Crippen LogP contribution in [0.4, 0.5) is 11.4 Å². The van der Waals surface area contributed by atoms with E-state index < -0.39 is 0 Å². The molecule has 1 saturated carbocycles. The zero-order chi connectivity index (χ0) is 19.1. The summed E-state index contributed by atoms with van der Waals surface area (Å²) in [5.41, 5.74) is 27.4. The van der Waals surface area contributed by atoms with E-state index in [9.17, 15) is 4.79 Å². The number of anilines is 2. The van der Waals surface area contributed by atoms with Gasteiger partial charge in [0.15, 0.2) is 5.78 Å². The molecule has 1 aliphatic carbocycles. The minimum Gasteiger partial charge on any atom is -0.289 e. The summed E-state index contributed by atoms with van der Waals surface area (Å²) in [6.45, 7) is 0. The molecule has 0 heterocycles. The quantitative estimate of drug-likeness (QED) is 0.357. The van der Waals surface area contributed by atoms with Gasteiger partial charge in [0.1, 0.15) is 0 Å². The summed E-state index contributed by atoms with van der Waals surface area (Å²) < 4.78 is 0. The van der Waals surface area contributed by atoms with Crippen molar-refractivity contribution in [3.05, 3.63) is 81.9 Å². The van der Waals surface area contributed by atoms with Gasteiger partial charge in [0, 0.05) is 22.5 Å². The van der Waals surface area contributed by atoms with E-state index in [2.05, 4.69) is 10.9 Å². The predicted octanol–water partition coefficient (Wildman–Crippen LogP) is 1.76. The lowest BCUT2D eigenvalue weighted by molar-refractivity contribution is -0.444. The summed E-state index contributed by atoms with van der Waals surface area (Å²) in [5.74, 6) is 0.0831. The number of carbonyl (C=O) groups is 1. The average Bonchev–Trinajstić information content (AvgIpc) is 2.68. The van der Waals surface area contributed by atoms with Crippen molar-refractivity contribution in [2.75, 3.05) is 10.9 Å². The molecule has 0 bridgehead atoms. The summed E-state index contributed by atoms with van der Waals surface area (Å²) >= 11 is 0. The molecule has 0 saturated heterocycles. The number of allylic oxidation sites excluding steroid dienone is 2. The Kier molecular flexibility index (Phi) is 5.84. The van der Waals surface area contributed by atoms with Crippen LogP contribution in [0.1, 0.15) is 30.4 Å². The molecule has 0 spiro atoms. The summed E-state index contributed by atoms with van der Waals surface area (Å²) in [6.07, 6.45) is 6.31. The Hall–Kier alpha value is -3.61. The lowest BCUT2D eigenvalue weighted by Gasteiger charge is -2.17. The smallest absolute Gasteiger partial charge is 0.185 e. The number of rotatable bonds is 6. The Morgan fingerprint density at radius 1 is 0.741 bits per heavy atom. The molecule has 0 atom stereocenters. The van der Waals surface area contributed by atoms with Crippen LogP contribution in [-0.4, -0.2) is 5.78 Å². The molecule has 27 heavy (non-hydrogen) atoms. The van der Waals surface area contributed by atoms with Crippen molar-refractivity contribution < 1.29 is 15.2 Å². The van der Waals surface area contributed by atoms with E-state index in [-0.39, 0.29) is 5.78 Å². The highest BCUT2D eigenvalue weighted by Crippen LogP contribution is 2.28. The molecule has 7 nitrogen and oxygen atoms in total. The molecule has 0 unspecified atom stereocenters. The second-order valence-electron chi connectivity index (χ2n) is 6.24. The normalized spacial score (nSPS) is 17.0. The van der Waals surface area contributed by atoms with E-state index in [0.717, 1.165) is 52.9 Å². The number of benzene rings is 2. The first-order valence-electron chi connectivity index (χ1n) is 8.66. The fraction of sp³-hybridized carbons (Fsp3) is 0.150. The van der Waals surface area contributed by atoms with Crippen LogP contribution in [-0.2, 0) is 4.79 Å². The highest BCUT2D eigenvalue weighted by Gasteiger charge is 2.20. The number of hydrogen-bond donors (Lipinski definition) is 4. The second-order valence-corrected chi connectivity index (χ2v) is 6.24. The van der Waals surface area contributed by atoms with Crippen LogP contribution < -0.4 is 21.3 Å². The summed E-state index contributed by atoms with van der Waals surface area (Å²) in [5, 5.41) is 3.77. The Morgan fingerprint density at radius 3 is 1.52 bits per heavy atom. The fourth-order valence-corrected chi connectivity index (χ4v) is 3.03. The number of hydrazine groups is 2. The number of carbonyl (C=O) groups excluding carboxylic acids is 1. The SMILES string of the molecule is [N-]=[NH+]Nc1ccc(/C=C2\CCC/C(=C\c3ccc(N[NH+]=[N-])cc3)C2=O)cc1. The number of nitrogens with one attached hydrogen (secondary N) is 4. The maximum absolute atomic E-state index is 12.8. The monoisotopic (exact) mass is 360 g/mol. The van der Waals surface area contributed by atoms with Crippen LogP contribution in [0.5, 0.6) is 0 Å². The minimum absolute atomic E-state index is 0.0831. The standard InChI is InChI=1S/C20H20N6O/c21-25-23-18-8-4-14(5-9-18)12-16-2-1-3-17(20(16)27)13-15-6-10-19(11-7-15)24-26-22/h4-13,25-26H,1-3H2,(H2-2,21,22,23,24,27). The number of Topliss-reactive ketones (excluding diaryl/α,β-unsaturated/α-hetero) is 1. The molecule has 0 aromatic heterocycles. The van der Waals surface area contributed by atoms with Crippen LogP contribution in [0.2, 0.25) is 0 Å². The molecule has 4 N–H and O–H groups in total. The van der Waals surface area contributed by atoms with Gasteiger partial charge in [-0.25, -0.2) is 0 Å².